The standard InChI is InChI=1S/C17H26N4O3/c1-13-6-10-20(11-7-13)15-5-4-14(12-16(15)21(23)24)17(22)19-9-3-2-8-18/h4-5,12-13H,2-3,6-11,18H2,1H3,(H,19,22). The molecule has 3 N–H and O–H groups in total. The maximum Gasteiger partial charge on any atom is 0.293 e. The Morgan fingerprint density at radius 1 is 1.38 bits per heavy atom. The molecule has 7 nitrogen and oxygen atoms in total. The predicted octanol–water partition coefficient (Wildman–Crippen LogP) is 2.30. The van der Waals surface area contributed by atoms with E-state index < -0.39 is 4.92 Å². The van der Waals surface area contributed by atoms with Gasteiger partial charge >= 0.3 is 0 Å². The van der Waals surface area contributed by atoms with Gasteiger partial charge in [-0.3, -0.25) is 14.9 Å². The Balaban J connectivity index is 2.11. The first kappa shape index (κ1) is 18.2. The summed E-state index contributed by atoms with van der Waals surface area (Å²) in [7, 11) is 0. The predicted molar refractivity (Wildman–Crippen MR) is 94.3 cm³/mol. The van der Waals surface area contributed by atoms with Crippen molar-refractivity contribution in [1.29, 1.82) is 0 Å². The van der Waals surface area contributed by atoms with Gasteiger partial charge in [0.05, 0.1) is 4.92 Å². The minimum atomic E-state index is -0.404. The average Bonchev–Trinajstić information content (AvgIpc) is 2.58. The summed E-state index contributed by atoms with van der Waals surface area (Å²) in [5, 5.41) is 14.2. The van der Waals surface area contributed by atoms with Crippen molar-refractivity contribution in [1.82, 2.24) is 5.32 Å². The molecule has 0 aromatic heterocycles. The Bertz CT molecular complexity index is 583. The first-order valence-electron chi connectivity index (χ1n) is 8.54. The van der Waals surface area contributed by atoms with E-state index in [-0.39, 0.29) is 11.6 Å². The van der Waals surface area contributed by atoms with Crippen molar-refractivity contribution < 1.29 is 9.72 Å². The minimum Gasteiger partial charge on any atom is -0.366 e. The third-order valence-corrected chi connectivity index (χ3v) is 4.48. The van der Waals surface area contributed by atoms with Crippen LogP contribution in [0.1, 0.15) is 43.0 Å². The summed E-state index contributed by atoms with van der Waals surface area (Å²) >= 11 is 0. The van der Waals surface area contributed by atoms with Crippen LogP contribution < -0.4 is 16.0 Å². The second kappa shape index (κ2) is 8.63. The van der Waals surface area contributed by atoms with Crippen LogP contribution in [-0.4, -0.2) is 37.0 Å². The van der Waals surface area contributed by atoms with Gasteiger partial charge in [-0.25, -0.2) is 0 Å². The van der Waals surface area contributed by atoms with Crippen molar-refractivity contribution in [2.75, 3.05) is 31.1 Å². The van der Waals surface area contributed by atoms with Crippen molar-refractivity contribution >= 4 is 17.3 Å². The van der Waals surface area contributed by atoms with Crippen LogP contribution in [0.15, 0.2) is 18.2 Å². The van der Waals surface area contributed by atoms with Crippen molar-refractivity contribution in [3.8, 4) is 0 Å². The fourth-order valence-electron chi connectivity index (χ4n) is 2.90. The van der Waals surface area contributed by atoms with Crippen LogP contribution in [0.5, 0.6) is 0 Å². The smallest absolute Gasteiger partial charge is 0.293 e. The van der Waals surface area contributed by atoms with Crippen molar-refractivity contribution in [3.05, 3.63) is 33.9 Å². The third-order valence-electron chi connectivity index (χ3n) is 4.48. The summed E-state index contributed by atoms with van der Waals surface area (Å²) in [5.41, 5.74) is 6.34. The zero-order valence-electron chi connectivity index (χ0n) is 14.2. The lowest BCUT2D eigenvalue weighted by Gasteiger charge is -2.31. The molecule has 0 spiro atoms. The number of hydrogen-bond acceptors (Lipinski definition) is 5. The number of unbranched alkanes of at least 4 members (excludes halogenated alkanes) is 1. The summed E-state index contributed by atoms with van der Waals surface area (Å²) in [6.45, 7) is 4.93. The van der Waals surface area contributed by atoms with Crippen LogP contribution in [0.3, 0.4) is 0 Å². The first-order chi connectivity index (χ1) is 11.5. The molecule has 7 heteroatoms. The summed E-state index contributed by atoms with van der Waals surface area (Å²) < 4.78 is 0. The number of carbonyl (C=O) groups is 1. The van der Waals surface area contributed by atoms with Crippen molar-refractivity contribution in [2.24, 2.45) is 11.7 Å². The van der Waals surface area contributed by atoms with Gasteiger partial charge in [-0.1, -0.05) is 6.92 Å². The Labute approximate surface area is 142 Å². The van der Waals surface area contributed by atoms with E-state index >= 15 is 0 Å². The fourth-order valence-corrected chi connectivity index (χ4v) is 2.90. The molecular formula is C17H26N4O3. The van der Waals surface area contributed by atoms with Gasteiger partial charge in [-0.2, -0.15) is 0 Å². The molecule has 2 rings (SSSR count). The number of hydrogen-bond donors (Lipinski definition) is 2. The van der Waals surface area contributed by atoms with Crippen molar-refractivity contribution in [2.45, 2.75) is 32.6 Å². The Morgan fingerprint density at radius 2 is 2.08 bits per heavy atom. The van der Waals surface area contributed by atoms with E-state index in [0.717, 1.165) is 38.8 Å². The Morgan fingerprint density at radius 3 is 2.71 bits per heavy atom. The lowest BCUT2D eigenvalue weighted by atomic mass is 9.98. The van der Waals surface area contributed by atoms with Gasteiger partial charge in [-0.15, -0.1) is 0 Å². The number of nitro groups is 1. The fraction of sp³-hybridized carbons (Fsp3) is 0.588. The van der Waals surface area contributed by atoms with E-state index in [1.807, 2.05) is 4.90 Å². The number of nitrogens with one attached hydrogen (secondary N) is 1. The highest BCUT2D eigenvalue weighted by atomic mass is 16.6. The molecule has 0 unspecified atom stereocenters. The highest BCUT2D eigenvalue weighted by molar-refractivity contribution is 5.95. The lowest BCUT2D eigenvalue weighted by Crippen LogP contribution is -2.33. The molecule has 1 amide bonds. The number of amides is 1. The maximum absolute atomic E-state index is 12.1. The number of nitrogens with zero attached hydrogens (tertiary/aromatic N) is 2. The summed E-state index contributed by atoms with van der Waals surface area (Å²) in [6.07, 6.45) is 3.70. The van der Waals surface area contributed by atoms with Gasteiger partial charge in [0.15, 0.2) is 0 Å². The number of benzene rings is 1. The van der Waals surface area contributed by atoms with Gasteiger partial charge in [0, 0.05) is 31.3 Å². The molecule has 1 saturated heterocycles. The van der Waals surface area contributed by atoms with E-state index in [1.165, 1.54) is 6.07 Å². The van der Waals surface area contributed by atoms with E-state index in [0.29, 0.717) is 30.3 Å². The largest absolute Gasteiger partial charge is 0.366 e. The minimum absolute atomic E-state index is 0.000777. The molecule has 0 radical (unpaired) electrons. The first-order valence-corrected chi connectivity index (χ1v) is 8.54. The SMILES string of the molecule is CC1CCN(c2ccc(C(=O)NCCCCN)cc2[N+](=O)[O-])CC1. The summed E-state index contributed by atoms with van der Waals surface area (Å²) in [6, 6.07) is 4.74. The number of piperidine rings is 1. The van der Waals surface area contributed by atoms with Gasteiger partial charge in [0.1, 0.15) is 5.69 Å². The van der Waals surface area contributed by atoms with Crippen LogP contribution in [0, 0.1) is 16.0 Å². The summed E-state index contributed by atoms with van der Waals surface area (Å²) in [5.74, 6) is 0.368. The Hall–Kier alpha value is -2.15. The van der Waals surface area contributed by atoms with E-state index in [4.69, 9.17) is 5.73 Å². The number of nitrogens with two attached hydrogens (primary N) is 1. The van der Waals surface area contributed by atoms with Crippen LogP contribution in [0.4, 0.5) is 11.4 Å². The normalized spacial score (nSPS) is 15.3. The van der Waals surface area contributed by atoms with E-state index in [1.54, 1.807) is 12.1 Å². The number of rotatable bonds is 7. The molecule has 1 aromatic rings. The maximum atomic E-state index is 12.1. The number of nitro benzene ring substituents is 1. The van der Waals surface area contributed by atoms with E-state index in [2.05, 4.69) is 12.2 Å². The van der Waals surface area contributed by atoms with Crippen LogP contribution in [0.25, 0.3) is 0 Å². The van der Waals surface area contributed by atoms with Crippen LogP contribution >= 0.6 is 0 Å². The molecule has 1 fully saturated rings. The van der Waals surface area contributed by atoms with Crippen LogP contribution in [-0.2, 0) is 0 Å². The number of anilines is 1. The van der Waals surface area contributed by atoms with Crippen LogP contribution in [0.2, 0.25) is 0 Å². The molecule has 0 aliphatic carbocycles. The molecule has 1 aliphatic heterocycles. The van der Waals surface area contributed by atoms with Gasteiger partial charge in [0.2, 0.25) is 0 Å². The second-order valence-corrected chi connectivity index (χ2v) is 6.38. The third kappa shape index (κ3) is 4.67. The molecule has 1 aromatic carbocycles. The zero-order valence-corrected chi connectivity index (χ0v) is 14.2. The van der Waals surface area contributed by atoms with Gasteiger partial charge < -0.3 is 16.0 Å². The molecule has 24 heavy (non-hydrogen) atoms. The zero-order chi connectivity index (χ0) is 17.5. The number of carbonyl (C=O) groups excluding carboxylic acids is 1. The second-order valence-electron chi connectivity index (χ2n) is 6.38. The highest BCUT2D eigenvalue weighted by Gasteiger charge is 2.24. The Kier molecular flexibility index (Phi) is 6.54. The lowest BCUT2D eigenvalue weighted by molar-refractivity contribution is -0.384. The summed E-state index contributed by atoms with van der Waals surface area (Å²) in [4.78, 5) is 25.2. The molecule has 0 atom stereocenters. The van der Waals surface area contributed by atoms with Crippen molar-refractivity contribution in [3.63, 3.8) is 0 Å². The molecule has 0 saturated carbocycles. The monoisotopic (exact) mass is 334 g/mol. The average molecular weight is 334 g/mol. The van der Waals surface area contributed by atoms with Gasteiger partial charge in [-0.05, 0) is 50.3 Å². The molecule has 1 aliphatic rings. The van der Waals surface area contributed by atoms with Gasteiger partial charge in [0.25, 0.3) is 11.6 Å². The molecular weight excluding hydrogens is 308 g/mol. The molecule has 1 heterocycles. The quantitative estimate of drug-likeness (QED) is 0.452. The molecule has 0 bridgehead atoms. The topological polar surface area (TPSA) is 102 Å². The highest BCUT2D eigenvalue weighted by Crippen LogP contribution is 2.32. The van der Waals surface area contributed by atoms with E-state index in [9.17, 15) is 14.9 Å². The molecule has 132 valence electrons.